The lowest BCUT2D eigenvalue weighted by Gasteiger charge is -2.05. The number of nitrogens with two attached hydrogens (primary N) is 1. The van der Waals surface area contributed by atoms with Crippen molar-refractivity contribution in [3.05, 3.63) is 18.3 Å². The normalized spacial score (nSPS) is 12.1. The van der Waals surface area contributed by atoms with E-state index in [4.69, 9.17) is 5.73 Å². The lowest BCUT2D eigenvalue weighted by molar-refractivity contribution is 0.580. The van der Waals surface area contributed by atoms with Crippen molar-refractivity contribution < 1.29 is 8.42 Å². The van der Waals surface area contributed by atoms with Crippen molar-refractivity contribution in [1.82, 2.24) is 19.3 Å². The fourth-order valence-electron chi connectivity index (χ4n) is 1.54. The first-order valence-electron chi connectivity index (χ1n) is 4.99. The highest BCUT2D eigenvalue weighted by Gasteiger charge is 2.08. The van der Waals surface area contributed by atoms with Crippen molar-refractivity contribution in [2.75, 3.05) is 18.5 Å². The summed E-state index contributed by atoms with van der Waals surface area (Å²) in [5.74, 6) is 0.328. The summed E-state index contributed by atoms with van der Waals surface area (Å²) in [7, 11) is -3.19. The highest BCUT2D eigenvalue weighted by molar-refractivity contribution is 7.88. The quantitative estimate of drug-likeness (QED) is 0.771. The van der Waals surface area contributed by atoms with E-state index in [2.05, 4.69) is 14.7 Å². The van der Waals surface area contributed by atoms with Gasteiger partial charge in [-0.2, -0.15) is 0 Å². The molecule has 0 aliphatic heterocycles. The molecule has 0 unspecified atom stereocenters. The van der Waals surface area contributed by atoms with Crippen LogP contribution >= 0.6 is 0 Å². The second-order valence-corrected chi connectivity index (χ2v) is 5.47. The molecule has 0 atom stereocenters. The Morgan fingerprint density at radius 3 is 3.00 bits per heavy atom. The number of imidazole rings is 1. The Balaban J connectivity index is 2.21. The molecule has 0 saturated carbocycles. The zero-order valence-corrected chi connectivity index (χ0v) is 10.1. The smallest absolute Gasteiger partial charge is 0.208 e. The molecular weight excluding hydrogens is 242 g/mol. The lowest BCUT2D eigenvalue weighted by Crippen LogP contribution is -2.26. The molecule has 0 saturated heterocycles. The number of rotatable bonds is 4. The minimum absolute atomic E-state index is 0.255. The molecule has 2 aromatic heterocycles. The van der Waals surface area contributed by atoms with E-state index in [1.165, 1.54) is 0 Å². The van der Waals surface area contributed by atoms with Crippen LogP contribution in [0.2, 0.25) is 0 Å². The summed E-state index contributed by atoms with van der Waals surface area (Å²) < 4.78 is 25.9. The Bertz CT molecular complexity index is 634. The molecule has 0 spiro atoms. The van der Waals surface area contributed by atoms with Crippen LogP contribution in [-0.2, 0) is 16.6 Å². The monoisotopic (exact) mass is 255 g/mol. The number of hydrogen-bond donors (Lipinski definition) is 2. The summed E-state index contributed by atoms with van der Waals surface area (Å²) in [6.07, 6.45) is 2.75. The maximum Gasteiger partial charge on any atom is 0.208 e. The van der Waals surface area contributed by atoms with Crippen LogP contribution in [0.1, 0.15) is 0 Å². The van der Waals surface area contributed by atoms with Gasteiger partial charge in [-0.05, 0) is 12.1 Å². The number of sulfonamides is 1. The van der Waals surface area contributed by atoms with Crippen molar-refractivity contribution in [1.29, 1.82) is 0 Å². The maximum atomic E-state index is 10.9. The molecule has 92 valence electrons. The van der Waals surface area contributed by atoms with Crippen molar-refractivity contribution in [3.63, 3.8) is 0 Å². The summed E-state index contributed by atoms with van der Waals surface area (Å²) in [5, 5.41) is 0. The van der Waals surface area contributed by atoms with Crippen LogP contribution in [0, 0.1) is 0 Å². The number of pyridine rings is 1. The molecule has 0 aliphatic carbocycles. The Morgan fingerprint density at radius 2 is 2.29 bits per heavy atom. The predicted molar refractivity (Wildman–Crippen MR) is 64.8 cm³/mol. The summed E-state index contributed by atoms with van der Waals surface area (Å²) in [6.45, 7) is 0.650. The Morgan fingerprint density at radius 1 is 1.53 bits per heavy atom. The number of fused-ring (bicyclic) bond motifs is 1. The third kappa shape index (κ3) is 2.71. The second-order valence-electron chi connectivity index (χ2n) is 3.63. The van der Waals surface area contributed by atoms with Crippen LogP contribution in [0.5, 0.6) is 0 Å². The van der Waals surface area contributed by atoms with E-state index in [0.717, 1.165) is 6.26 Å². The first-order valence-corrected chi connectivity index (χ1v) is 6.88. The number of aromatic nitrogens is 3. The van der Waals surface area contributed by atoms with Gasteiger partial charge in [0.2, 0.25) is 16.0 Å². The average Bonchev–Trinajstić information content (AvgIpc) is 2.54. The number of nitrogens with zero attached hydrogens (tertiary/aromatic N) is 3. The zero-order chi connectivity index (χ0) is 12.5. The van der Waals surface area contributed by atoms with Crippen LogP contribution in [0.3, 0.4) is 0 Å². The lowest BCUT2D eigenvalue weighted by atomic mass is 10.4. The van der Waals surface area contributed by atoms with Crippen molar-refractivity contribution in [2.45, 2.75) is 6.54 Å². The molecule has 2 aromatic rings. The third-order valence-electron chi connectivity index (χ3n) is 2.23. The third-order valence-corrected chi connectivity index (χ3v) is 2.96. The molecule has 8 heteroatoms. The number of anilines is 1. The van der Waals surface area contributed by atoms with Crippen molar-refractivity contribution in [3.8, 4) is 0 Å². The summed E-state index contributed by atoms with van der Waals surface area (Å²) in [4.78, 5) is 8.29. The van der Waals surface area contributed by atoms with E-state index < -0.39 is 10.0 Å². The standard InChI is InChI=1S/C9H13N5O2S/c1-17(15,16)12-5-6-14-8-7(13-9(14)10)3-2-4-11-8/h2-4,12H,5-6H2,1H3,(H2,10,13). The van der Waals surface area contributed by atoms with Crippen LogP contribution < -0.4 is 10.5 Å². The maximum absolute atomic E-state index is 10.9. The van der Waals surface area contributed by atoms with Crippen molar-refractivity contribution >= 4 is 27.1 Å². The van der Waals surface area contributed by atoms with Crippen LogP contribution in [0.4, 0.5) is 5.95 Å². The van der Waals surface area contributed by atoms with Gasteiger partial charge in [0.1, 0.15) is 5.52 Å². The number of nitrogens with one attached hydrogen (secondary N) is 1. The highest BCUT2D eigenvalue weighted by Crippen LogP contribution is 2.14. The minimum Gasteiger partial charge on any atom is -0.369 e. The SMILES string of the molecule is CS(=O)(=O)NCCn1c(N)nc2cccnc21. The molecule has 0 aromatic carbocycles. The number of hydrogen-bond acceptors (Lipinski definition) is 5. The average molecular weight is 255 g/mol. The molecule has 0 fully saturated rings. The van der Waals surface area contributed by atoms with Gasteiger partial charge in [0, 0.05) is 19.3 Å². The van der Waals surface area contributed by atoms with Gasteiger partial charge in [-0.15, -0.1) is 0 Å². The Labute approximate surface area is 98.7 Å². The van der Waals surface area contributed by atoms with Gasteiger partial charge in [-0.1, -0.05) is 0 Å². The van der Waals surface area contributed by atoms with Crippen LogP contribution in [0.25, 0.3) is 11.2 Å². The van der Waals surface area contributed by atoms with Crippen LogP contribution in [-0.4, -0.2) is 35.8 Å². The van der Waals surface area contributed by atoms with Gasteiger partial charge < -0.3 is 5.73 Å². The molecule has 17 heavy (non-hydrogen) atoms. The van der Waals surface area contributed by atoms with E-state index in [1.807, 2.05) is 0 Å². The fourth-order valence-corrected chi connectivity index (χ4v) is 2.00. The number of nitrogen functional groups attached to an aromatic ring is 1. The highest BCUT2D eigenvalue weighted by atomic mass is 32.2. The molecule has 0 amide bonds. The van der Waals surface area contributed by atoms with Crippen molar-refractivity contribution in [2.24, 2.45) is 0 Å². The van der Waals surface area contributed by atoms with E-state index in [1.54, 1.807) is 22.9 Å². The summed E-state index contributed by atoms with van der Waals surface area (Å²) in [6, 6.07) is 3.58. The van der Waals surface area contributed by atoms with E-state index in [9.17, 15) is 8.42 Å². The van der Waals surface area contributed by atoms with Gasteiger partial charge in [-0.3, -0.25) is 4.57 Å². The van der Waals surface area contributed by atoms with E-state index in [0.29, 0.717) is 23.7 Å². The Hall–Kier alpha value is -1.67. The Kier molecular flexibility index (Phi) is 2.99. The molecule has 0 bridgehead atoms. The first kappa shape index (κ1) is 11.8. The summed E-state index contributed by atoms with van der Waals surface area (Å²) >= 11 is 0. The van der Waals surface area contributed by atoms with Gasteiger partial charge >= 0.3 is 0 Å². The fraction of sp³-hybridized carbons (Fsp3) is 0.333. The van der Waals surface area contributed by atoms with Gasteiger partial charge in [0.05, 0.1) is 6.26 Å². The van der Waals surface area contributed by atoms with Gasteiger partial charge in [0.25, 0.3) is 0 Å². The largest absolute Gasteiger partial charge is 0.369 e. The molecular formula is C9H13N5O2S. The molecule has 2 rings (SSSR count). The molecule has 3 N–H and O–H groups in total. The van der Waals surface area contributed by atoms with Gasteiger partial charge in [-0.25, -0.2) is 23.1 Å². The first-order chi connectivity index (χ1) is 7.97. The van der Waals surface area contributed by atoms with Crippen LogP contribution in [0.15, 0.2) is 18.3 Å². The topological polar surface area (TPSA) is 103 Å². The van der Waals surface area contributed by atoms with E-state index in [-0.39, 0.29) is 6.54 Å². The molecule has 0 aliphatic rings. The zero-order valence-electron chi connectivity index (χ0n) is 9.29. The van der Waals surface area contributed by atoms with Gasteiger partial charge in [0.15, 0.2) is 5.65 Å². The summed E-state index contributed by atoms with van der Waals surface area (Å²) in [5.41, 5.74) is 7.09. The molecule has 2 heterocycles. The second kappa shape index (κ2) is 4.30. The molecule has 0 radical (unpaired) electrons. The predicted octanol–water partition coefficient (Wildman–Crippen LogP) is -0.437. The molecule has 7 nitrogen and oxygen atoms in total. The van der Waals surface area contributed by atoms with E-state index >= 15 is 0 Å². The minimum atomic E-state index is -3.19.